The molecule has 37 heavy (non-hydrogen) atoms. The first-order valence-corrected chi connectivity index (χ1v) is 15.5. The maximum Gasteiger partial charge on any atom is 0.240 e. The number of sulfonamides is 1. The molecule has 188 valence electrons. The van der Waals surface area contributed by atoms with Crippen LogP contribution in [0, 0.1) is 0 Å². The lowest BCUT2D eigenvalue weighted by molar-refractivity contribution is 0.363. The van der Waals surface area contributed by atoms with E-state index in [9.17, 15) is 8.42 Å². The van der Waals surface area contributed by atoms with Gasteiger partial charge >= 0.3 is 0 Å². The van der Waals surface area contributed by atoms with Crippen LogP contribution in [-0.2, 0) is 10.0 Å². The van der Waals surface area contributed by atoms with E-state index in [0.717, 1.165) is 31.2 Å². The van der Waals surface area contributed by atoms with Crippen LogP contribution in [0.2, 0.25) is 0 Å². The van der Waals surface area contributed by atoms with Crippen molar-refractivity contribution in [3.05, 3.63) is 121 Å². The van der Waals surface area contributed by atoms with Gasteiger partial charge < -0.3 is 0 Å². The number of nitrogens with one attached hydrogen (secondary N) is 1. The molecule has 0 aliphatic heterocycles. The molecule has 0 radical (unpaired) electrons. The van der Waals surface area contributed by atoms with Crippen molar-refractivity contribution >= 4 is 40.1 Å². The zero-order chi connectivity index (χ0) is 25.5. The highest BCUT2D eigenvalue weighted by Gasteiger charge is 2.29. The fourth-order valence-electron chi connectivity index (χ4n) is 4.85. The average Bonchev–Trinajstić information content (AvgIpc) is 2.95. The van der Waals surface area contributed by atoms with Crippen molar-refractivity contribution in [1.29, 1.82) is 0 Å². The molecule has 2 atom stereocenters. The summed E-state index contributed by atoms with van der Waals surface area (Å²) >= 11 is 0. The van der Waals surface area contributed by atoms with Gasteiger partial charge in [0.2, 0.25) is 10.0 Å². The van der Waals surface area contributed by atoms with Crippen molar-refractivity contribution in [3.8, 4) is 0 Å². The molecule has 1 saturated carbocycles. The van der Waals surface area contributed by atoms with Crippen LogP contribution in [0.3, 0.4) is 0 Å². The number of rotatable bonds is 8. The van der Waals surface area contributed by atoms with E-state index >= 15 is 0 Å². The molecule has 1 aliphatic carbocycles. The average molecular weight is 527 g/mol. The van der Waals surface area contributed by atoms with Gasteiger partial charge in [-0.05, 0) is 48.8 Å². The molecular weight excluding hydrogens is 495 g/mol. The van der Waals surface area contributed by atoms with E-state index in [2.05, 4.69) is 83.6 Å². The van der Waals surface area contributed by atoms with Gasteiger partial charge in [-0.25, -0.2) is 13.1 Å². The van der Waals surface area contributed by atoms with Gasteiger partial charge in [-0.15, -0.1) is 0 Å². The van der Waals surface area contributed by atoms with Gasteiger partial charge in [0.05, 0.1) is 10.9 Å². The first kappa shape index (κ1) is 25.5. The lowest BCUT2D eigenvalue weighted by Crippen LogP contribution is -2.44. The van der Waals surface area contributed by atoms with Crippen LogP contribution in [0.4, 0.5) is 0 Å². The Labute approximate surface area is 221 Å². The van der Waals surface area contributed by atoms with Crippen molar-refractivity contribution in [2.45, 2.75) is 42.7 Å². The van der Waals surface area contributed by atoms with Gasteiger partial charge in [0, 0.05) is 17.8 Å². The highest BCUT2D eigenvalue weighted by Crippen LogP contribution is 2.34. The Morgan fingerprint density at radius 2 is 1.24 bits per heavy atom. The van der Waals surface area contributed by atoms with Crippen LogP contribution in [0.1, 0.15) is 31.2 Å². The van der Waals surface area contributed by atoms with Crippen molar-refractivity contribution in [2.24, 2.45) is 4.99 Å². The first-order chi connectivity index (χ1) is 18.1. The highest BCUT2D eigenvalue weighted by atomic mass is 32.2. The number of aliphatic imine (C=N–C) groups is 1. The molecule has 0 aromatic heterocycles. The predicted octanol–water partition coefficient (Wildman–Crippen LogP) is 5.15. The minimum atomic E-state index is -3.59. The zero-order valence-electron chi connectivity index (χ0n) is 20.6. The van der Waals surface area contributed by atoms with E-state index in [1.54, 1.807) is 24.3 Å². The lowest BCUT2D eigenvalue weighted by atomic mass is 9.91. The summed E-state index contributed by atoms with van der Waals surface area (Å²) in [6.07, 6.45) is 5.67. The van der Waals surface area contributed by atoms with Gasteiger partial charge in [-0.3, -0.25) is 4.99 Å². The number of benzene rings is 4. The molecule has 0 saturated heterocycles. The van der Waals surface area contributed by atoms with Crippen LogP contribution in [-0.4, -0.2) is 26.7 Å². The number of hydrogen-bond acceptors (Lipinski definition) is 3. The summed E-state index contributed by atoms with van der Waals surface area (Å²) in [5.74, 6) is 0. The Bertz CT molecular complexity index is 1390. The Kier molecular flexibility index (Phi) is 8.25. The maximum absolute atomic E-state index is 13.0. The minimum absolute atomic E-state index is 0.0972. The van der Waals surface area contributed by atoms with Crippen molar-refractivity contribution in [3.63, 3.8) is 0 Å². The van der Waals surface area contributed by atoms with E-state index in [-0.39, 0.29) is 12.1 Å². The van der Waals surface area contributed by atoms with E-state index in [0.29, 0.717) is 4.90 Å². The Balaban J connectivity index is 1.45. The molecule has 0 amide bonds. The van der Waals surface area contributed by atoms with Crippen molar-refractivity contribution < 1.29 is 8.42 Å². The largest absolute Gasteiger partial charge is 0.288 e. The molecule has 0 bridgehead atoms. The molecule has 1 N–H and O–H groups in total. The van der Waals surface area contributed by atoms with Gasteiger partial charge in [0.1, 0.15) is 0 Å². The van der Waals surface area contributed by atoms with E-state index in [1.165, 1.54) is 15.9 Å². The van der Waals surface area contributed by atoms with Crippen LogP contribution in [0.5, 0.6) is 0 Å². The molecule has 5 rings (SSSR count). The standard InChI is InChI=1S/C31H31N2O2PS/c34-37(35,28-19-8-3-9-20-28)33-30-22-12-11-21-29(30)32-24-25-14-10-13-23-31(25)36(26-15-4-1-5-16-26)27-17-6-2-7-18-27/h1-10,13-20,23-24,29-30,33H,11-12,21-22H2/t29-,30-/m1/s1. The summed E-state index contributed by atoms with van der Waals surface area (Å²) in [4.78, 5) is 5.30. The third-order valence-electron chi connectivity index (χ3n) is 6.70. The summed E-state index contributed by atoms with van der Waals surface area (Å²) in [6, 6.07) is 38.0. The normalized spacial score (nSPS) is 18.3. The third-order valence-corrected chi connectivity index (χ3v) is 10.7. The second kappa shape index (κ2) is 12.0. The first-order valence-electron chi connectivity index (χ1n) is 12.7. The fourth-order valence-corrected chi connectivity index (χ4v) is 8.60. The van der Waals surface area contributed by atoms with Crippen LogP contribution in [0.25, 0.3) is 0 Å². The molecule has 1 fully saturated rings. The molecule has 0 spiro atoms. The van der Waals surface area contributed by atoms with Crippen LogP contribution >= 0.6 is 7.92 Å². The van der Waals surface area contributed by atoms with E-state index < -0.39 is 17.9 Å². The SMILES string of the molecule is O=S(=O)(N[C@@H]1CCCC[C@H]1N=Cc1ccccc1P(c1ccccc1)c1ccccc1)c1ccccc1. The van der Waals surface area contributed by atoms with Gasteiger partial charge in [0.25, 0.3) is 0 Å². The molecule has 0 unspecified atom stereocenters. The smallest absolute Gasteiger partial charge is 0.240 e. The molecule has 0 heterocycles. The monoisotopic (exact) mass is 526 g/mol. The Morgan fingerprint density at radius 3 is 1.89 bits per heavy atom. The van der Waals surface area contributed by atoms with Crippen LogP contribution in [0.15, 0.2) is 125 Å². The zero-order valence-corrected chi connectivity index (χ0v) is 22.4. The van der Waals surface area contributed by atoms with Crippen molar-refractivity contribution in [2.75, 3.05) is 0 Å². The summed E-state index contributed by atoms with van der Waals surface area (Å²) in [5, 5.41) is 3.82. The Hall–Kier alpha value is -3.11. The number of hydrogen-bond donors (Lipinski definition) is 1. The summed E-state index contributed by atoms with van der Waals surface area (Å²) < 4.78 is 29.0. The molecule has 6 heteroatoms. The van der Waals surface area contributed by atoms with E-state index in [1.807, 2.05) is 18.3 Å². The van der Waals surface area contributed by atoms with Gasteiger partial charge in [-0.1, -0.05) is 116 Å². The molecule has 1 aliphatic rings. The molecular formula is C31H31N2O2PS. The summed E-state index contributed by atoms with van der Waals surface area (Å²) in [7, 11) is -4.35. The lowest BCUT2D eigenvalue weighted by Gasteiger charge is -2.29. The fraction of sp³-hybridized carbons (Fsp3) is 0.194. The summed E-state index contributed by atoms with van der Waals surface area (Å²) in [5.41, 5.74) is 1.08. The van der Waals surface area contributed by atoms with Gasteiger partial charge in [0.15, 0.2) is 0 Å². The highest BCUT2D eigenvalue weighted by molar-refractivity contribution is 7.89. The van der Waals surface area contributed by atoms with Gasteiger partial charge in [-0.2, -0.15) is 0 Å². The number of nitrogens with zero attached hydrogens (tertiary/aromatic N) is 1. The Morgan fingerprint density at radius 1 is 0.703 bits per heavy atom. The quantitative estimate of drug-likeness (QED) is 0.255. The topological polar surface area (TPSA) is 58.5 Å². The van der Waals surface area contributed by atoms with Crippen molar-refractivity contribution in [1.82, 2.24) is 4.72 Å². The van der Waals surface area contributed by atoms with Crippen LogP contribution < -0.4 is 20.6 Å². The predicted molar refractivity (Wildman–Crippen MR) is 156 cm³/mol. The minimum Gasteiger partial charge on any atom is -0.288 e. The second-order valence-electron chi connectivity index (χ2n) is 9.24. The maximum atomic E-state index is 13.0. The van der Waals surface area contributed by atoms with E-state index in [4.69, 9.17) is 4.99 Å². The molecule has 4 nitrogen and oxygen atoms in total. The third kappa shape index (κ3) is 6.24. The molecule has 4 aromatic carbocycles. The summed E-state index contributed by atoms with van der Waals surface area (Å²) in [6.45, 7) is 0. The molecule has 4 aromatic rings. The second-order valence-corrected chi connectivity index (χ2v) is 13.1.